The number of rotatable bonds is 1. The van der Waals surface area contributed by atoms with Crippen LogP contribution >= 0.6 is 0 Å². The maximum atomic E-state index is 4.55. The lowest BCUT2D eigenvalue weighted by Crippen LogP contribution is -1.94. The fourth-order valence-electron chi connectivity index (χ4n) is 1.92. The van der Waals surface area contributed by atoms with E-state index in [4.69, 9.17) is 0 Å². The highest BCUT2D eigenvalue weighted by Crippen LogP contribution is 2.22. The van der Waals surface area contributed by atoms with Crippen molar-refractivity contribution in [1.29, 1.82) is 0 Å². The van der Waals surface area contributed by atoms with E-state index in [1.54, 1.807) is 12.4 Å². The number of pyridine rings is 1. The van der Waals surface area contributed by atoms with E-state index >= 15 is 0 Å². The van der Waals surface area contributed by atoms with Crippen LogP contribution in [0.3, 0.4) is 0 Å². The molecule has 0 spiro atoms. The minimum atomic E-state index is 1.07. The molecule has 0 unspecified atom stereocenters. The highest BCUT2D eigenvalue weighted by Gasteiger charge is 2.13. The Balaban J connectivity index is 2.06. The molecule has 3 heteroatoms. The highest BCUT2D eigenvalue weighted by molar-refractivity contribution is 5.58. The average Bonchev–Trinajstić information content (AvgIpc) is 2.78. The fraction of sp³-hybridized carbons (Fsp3) is 0.273. The summed E-state index contributed by atoms with van der Waals surface area (Å²) in [5.41, 5.74) is 3.58. The monoisotopic (exact) mass is 185 g/mol. The molecule has 3 nitrogen and oxygen atoms in total. The summed E-state index contributed by atoms with van der Waals surface area (Å²) in [4.78, 5) is 4.00. The maximum Gasteiger partial charge on any atom is 0.0927 e. The molecule has 2 aromatic heterocycles. The summed E-state index contributed by atoms with van der Waals surface area (Å²) in [6.45, 7) is 1.07. The highest BCUT2D eigenvalue weighted by atomic mass is 15.3. The van der Waals surface area contributed by atoms with Crippen molar-refractivity contribution in [3.05, 3.63) is 36.3 Å². The van der Waals surface area contributed by atoms with Crippen LogP contribution in [0.15, 0.2) is 30.6 Å². The van der Waals surface area contributed by atoms with E-state index in [0.717, 1.165) is 24.2 Å². The van der Waals surface area contributed by atoms with Crippen LogP contribution in [0.1, 0.15) is 12.1 Å². The topological polar surface area (TPSA) is 30.7 Å². The Morgan fingerprint density at radius 1 is 1.21 bits per heavy atom. The molecule has 1 aliphatic heterocycles. The summed E-state index contributed by atoms with van der Waals surface area (Å²) in [5, 5.41) is 4.55. The first kappa shape index (κ1) is 7.74. The lowest BCUT2D eigenvalue weighted by molar-refractivity contribution is 0.659. The molecule has 0 saturated carbocycles. The van der Waals surface area contributed by atoms with Gasteiger partial charge in [0, 0.05) is 30.2 Å². The van der Waals surface area contributed by atoms with Crippen molar-refractivity contribution in [2.24, 2.45) is 0 Å². The van der Waals surface area contributed by atoms with Gasteiger partial charge in [-0.05, 0) is 31.0 Å². The quantitative estimate of drug-likeness (QED) is 0.679. The van der Waals surface area contributed by atoms with E-state index in [1.807, 2.05) is 12.1 Å². The minimum Gasteiger partial charge on any atom is -0.269 e. The first-order valence-electron chi connectivity index (χ1n) is 4.90. The van der Waals surface area contributed by atoms with Gasteiger partial charge in [0.2, 0.25) is 0 Å². The van der Waals surface area contributed by atoms with Gasteiger partial charge < -0.3 is 0 Å². The zero-order valence-electron chi connectivity index (χ0n) is 7.85. The van der Waals surface area contributed by atoms with Crippen molar-refractivity contribution in [3.63, 3.8) is 0 Å². The van der Waals surface area contributed by atoms with Gasteiger partial charge in [-0.2, -0.15) is 5.10 Å². The second-order valence-electron chi connectivity index (χ2n) is 3.58. The molecule has 1 aliphatic rings. The maximum absolute atomic E-state index is 4.55. The van der Waals surface area contributed by atoms with Gasteiger partial charge in [0.25, 0.3) is 0 Å². The Hall–Kier alpha value is -1.64. The predicted molar refractivity (Wildman–Crippen MR) is 53.8 cm³/mol. The molecular formula is C11H11N3. The molecule has 0 aromatic carbocycles. The Labute approximate surface area is 82.4 Å². The van der Waals surface area contributed by atoms with Crippen LogP contribution < -0.4 is 0 Å². The van der Waals surface area contributed by atoms with Crippen LogP contribution in [-0.4, -0.2) is 14.8 Å². The molecule has 0 amide bonds. The van der Waals surface area contributed by atoms with Crippen LogP contribution in [0, 0.1) is 0 Å². The number of hydrogen-bond acceptors (Lipinski definition) is 2. The lowest BCUT2D eigenvalue weighted by atomic mass is 10.2. The molecule has 70 valence electrons. The van der Waals surface area contributed by atoms with Gasteiger partial charge in [0.1, 0.15) is 0 Å². The third kappa shape index (κ3) is 1.13. The molecule has 0 bridgehead atoms. The molecular weight excluding hydrogens is 174 g/mol. The van der Waals surface area contributed by atoms with E-state index in [2.05, 4.69) is 20.8 Å². The molecule has 0 fully saturated rings. The first-order valence-corrected chi connectivity index (χ1v) is 4.90. The number of aryl methyl sites for hydroxylation is 2. The summed E-state index contributed by atoms with van der Waals surface area (Å²) in [5.74, 6) is 0. The average molecular weight is 185 g/mol. The van der Waals surface area contributed by atoms with Crippen LogP contribution in [-0.2, 0) is 13.0 Å². The standard InChI is InChI=1S/C11H11N3/c1-2-10-8-11(13-14(10)7-1)9-3-5-12-6-4-9/h3-6,8H,1-2,7H2. The van der Waals surface area contributed by atoms with Crippen molar-refractivity contribution in [3.8, 4) is 11.3 Å². The van der Waals surface area contributed by atoms with E-state index in [1.165, 1.54) is 12.1 Å². The van der Waals surface area contributed by atoms with Crippen molar-refractivity contribution in [1.82, 2.24) is 14.8 Å². The Bertz CT molecular complexity index is 423. The SMILES string of the molecule is c1cc(-c2cc3n(n2)CCC3)ccn1. The summed E-state index contributed by atoms with van der Waals surface area (Å²) < 4.78 is 2.11. The smallest absolute Gasteiger partial charge is 0.0927 e. The summed E-state index contributed by atoms with van der Waals surface area (Å²) in [6, 6.07) is 6.18. The second kappa shape index (κ2) is 2.94. The molecule has 0 N–H and O–H groups in total. The summed E-state index contributed by atoms with van der Waals surface area (Å²) >= 11 is 0. The molecule has 0 atom stereocenters. The van der Waals surface area contributed by atoms with E-state index < -0.39 is 0 Å². The number of fused-ring (bicyclic) bond motifs is 1. The molecule has 2 aromatic rings. The van der Waals surface area contributed by atoms with Crippen molar-refractivity contribution in [2.75, 3.05) is 0 Å². The van der Waals surface area contributed by atoms with Crippen molar-refractivity contribution < 1.29 is 0 Å². The normalized spacial score (nSPS) is 14.3. The number of nitrogens with zero attached hydrogens (tertiary/aromatic N) is 3. The summed E-state index contributed by atoms with van der Waals surface area (Å²) in [7, 11) is 0. The largest absolute Gasteiger partial charge is 0.269 e. The van der Waals surface area contributed by atoms with E-state index in [9.17, 15) is 0 Å². The van der Waals surface area contributed by atoms with Crippen LogP contribution in [0.25, 0.3) is 11.3 Å². The van der Waals surface area contributed by atoms with Gasteiger partial charge in [0.05, 0.1) is 5.69 Å². The van der Waals surface area contributed by atoms with Crippen LogP contribution in [0.2, 0.25) is 0 Å². The predicted octanol–water partition coefficient (Wildman–Crippen LogP) is 1.89. The zero-order valence-corrected chi connectivity index (χ0v) is 7.85. The number of hydrogen-bond donors (Lipinski definition) is 0. The van der Waals surface area contributed by atoms with E-state index in [0.29, 0.717) is 0 Å². The third-order valence-corrected chi connectivity index (χ3v) is 2.64. The first-order chi connectivity index (χ1) is 6.93. The molecule has 3 rings (SSSR count). The van der Waals surface area contributed by atoms with Gasteiger partial charge >= 0.3 is 0 Å². The minimum absolute atomic E-state index is 1.07. The molecule has 0 radical (unpaired) electrons. The Morgan fingerprint density at radius 3 is 2.86 bits per heavy atom. The third-order valence-electron chi connectivity index (χ3n) is 2.64. The van der Waals surface area contributed by atoms with Gasteiger partial charge in [0.15, 0.2) is 0 Å². The summed E-state index contributed by atoms with van der Waals surface area (Å²) in [6.07, 6.45) is 6.01. The lowest BCUT2D eigenvalue weighted by Gasteiger charge is -1.95. The van der Waals surface area contributed by atoms with E-state index in [-0.39, 0.29) is 0 Å². The fourth-order valence-corrected chi connectivity index (χ4v) is 1.92. The molecule has 0 aliphatic carbocycles. The van der Waals surface area contributed by atoms with Crippen molar-refractivity contribution in [2.45, 2.75) is 19.4 Å². The van der Waals surface area contributed by atoms with Crippen LogP contribution in [0.5, 0.6) is 0 Å². The van der Waals surface area contributed by atoms with Crippen LogP contribution in [0.4, 0.5) is 0 Å². The molecule has 0 saturated heterocycles. The second-order valence-corrected chi connectivity index (χ2v) is 3.58. The van der Waals surface area contributed by atoms with Crippen molar-refractivity contribution >= 4 is 0 Å². The van der Waals surface area contributed by atoms with Gasteiger partial charge in [-0.15, -0.1) is 0 Å². The Morgan fingerprint density at radius 2 is 2.07 bits per heavy atom. The molecule has 3 heterocycles. The Kier molecular flexibility index (Phi) is 1.63. The zero-order chi connectivity index (χ0) is 9.38. The van der Waals surface area contributed by atoms with Gasteiger partial charge in [-0.1, -0.05) is 0 Å². The number of aromatic nitrogens is 3. The van der Waals surface area contributed by atoms with Gasteiger partial charge in [-0.3, -0.25) is 9.67 Å². The van der Waals surface area contributed by atoms with Gasteiger partial charge in [-0.25, -0.2) is 0 Å². The molecule has 14 heavy (non-hydrogen) atoms.